The van der Waals surface area contributed by atoms with Gasteiger partial charge in [0.15, 0.2) is 5.96 Å². The van der Waals surface area contributed by atoms with Crippen LogP contribution in [0.25, 0.3) is 0 Å². The number of rotatable bonds is 8. The van der Waals surface area contributed by atoms with Gasteiger partial charge in [0.25, 0.3) is 0 Å². The number of methoxy groups -OCH3 is 1. The predicted octanol–water partition coefficient (Wildman–Crippen LogP) is 1.91. The van der Waals surface area contributed by atoms with Gasteiger partial charge in [-0.3, -0.25) is 4.99 Å². The fourth-order valence-corrected chi connectivity index (χ4v) is 3.02. The Labute approximate surface area is 183 Å². The maximum Gasteiger partial charge on any atom is 0.238 e. The lowest BCUT2D eigenvalue weighted by Gasteiger charge is -2.12. The average Bonchev–Trinajstić information content (AvgIpc) is 2.67. The maximum absolute atomic E-state index is 11.3. The lowest BCUT2D eigenvalue weighted by molar-refractivity contribution is 0.414. The first-order valence-corrected chi connectivity index (χ1v) is 10.2. The molecule has 0 aliphatic carbocycles. The SMILES string of the molecule is CN=C(NCCc1ccc(OC)cc1)NCCc1ccc(S(N)(=O)=O)cc1.I. The number of benzene rings is 2. The smallest absolute Gasteiger partial charge is 0.238 e. The van der Waals surface area contributed by atoms with Crippen LogP contribution < -0.4 is 20.5 Å². The Morgan fingerprint density at radius 3 is 1.82 bits per heavy atom. The summed E-state index contributed by atoms with van der Waals surface area (Å²) in [4.78, 5) is 4.32. The van der Waals surface area contributed by atoms with E-state index in [1.165, 1.54) is 17.7 Å². The Bertz CT molecular complexity index is 854. The summed E-state index contributed by atoms with van der Waals surface area (Å²) in [7, 11) is -0.267. The highest BCUT2D eigenvalue weighted by molar-refractivity contribution is 14.0. The van der Waals surface area contributed by atoms with Crippen LogP contribution in [-0.2, 0) is 22.9 Å². The molecule has 2 aromatic carbocycles. The summed E-state index contributed by atoms with van der Waals surface area (Å²) in [5, 5.41) is 11.6. The van der Waals surface area contributed by atoms with Crippen LogP contribution in [-0.4, -0.2) is 41.6 Å². The average molecular weight is 518 g/mol. The number of hydrogen-bond donors (Lipinski definition) is 3. The summed E-state index contributed by atoms with van der Waals surface area (Å²) in [6, 6.07) is 14.6. The van der Waals surface area contributed by atoms with Crippen molar-refractivity contribution >= 4 is 40.0 Å². The third kappa shape index (κ3) is 8.03. The number of nitrogens with two attached hydrogens (primary N) is 1. The second-order valence-electron chi connectivity index (χ2n) is 5.96. The molecule has 154 valence electrons. The zero-order valence-corrected chi connectivity index (χ0v) is 19.2. The Hall–Kier alpha value is -1.85. The van der Waals surface area contributed by atoms with Crippen molar-refractivity contribution in [1.82, 2.24) is 10.6 Å². The highest BCUT2D eigenvalue weighted by Crippen LogP contribution is 2.11. The highest BCUT2D eigenvalue weighted by atomic mass is 127. The van der Waals surface area contributed by atoms with Gasteiger partial charge in [0.1, 0.15) is 5.75 Å². The lowest BCUT2D eigenvalue weighted by atomic mass is 10.1. The molecule has 2 aromatic rings. The molecule has 9 heteroatoms. The summed E-state index contributed by atoms with van der Waals surface area (Å²) >= 11 is 0. The van der Waals surface area contributed by atoms with Crippen LogP contribution in [0.15, 0.2) is 58.4 Å². The number of nitrogens with zero attached hydrogens (tertiary/aromatic N) is 1. The lowest BCUT2D eigenvalue weighted by Crippen LogP contribution is -2.39. The molecule has 0 bridgehead atoms. The van der Waals surface area contributed by atoms with E-state index in [1.54, 1.807) is 26.3 Å². The number of guanidine groups is 1. The number of nitrogens with one attached hydrogen (secondary N) is 2. The van der Waals surface area contributed by atoms with Crippen molar-refractivity contribution < 1.29 is 13.2 Å². The van der Waals surface area contributed by atoms with Crippen molar-refractivity contribution in [3.8, 4) is 5.75 Å². The first-order chi connectivity index (χ1) is 12.9. The van der Waals surface area contributed by atoms with Gasteiger partial charge >= 0.3 is 0 Å². The molecule has 0 fully saturated rings. The van der Waals surface area contributed by atoms with Crippen molar-refractivity contribution in [2.75, 3.05) is 27.2 Å². The third-order valence-corrected chi connectivity index (χ3v) is 4.98. The van der Waals surface area contributed by atoms with Crippen LogP contribution in [0.5, 0.6) is 5.75 Å². The second kappa shape index (κ2) is 11.9. The molecule has 0 aliphatic rings. The molecule has 0 aromatic heterocycles. The number of primary sulfonamides is 1. The molecule has 0 heterocycles. The van der Waals surface area contributed by atoms with Crippen molar-refractivity contribution in [2.24, 2.45) is 10.1 Å². The largest absolute Gasteiger partial charge is 0.497 e. The van der Waals surface area contributed by atoms with E-state index in [2.05, 4.69) is 15.6 Å². The summed E-state index contributed by atoms with van der Waals surface area (Å²) in [6.07, 6.45) is 1.61. The van der Waals surface area contributed by atoms with E-state index >= 15 is 0 Å². The highest BCUT2D eigenvalue weighted by Gasteiger charge is 2.06. The van der Waals surface area contributed by atoms with Gasteiger partial charge in [0.05, 0.1) is 12.0 Å². The minimum atomic E-state index is -3.65. The molecule has 0 unspecified atom stereocenters. The summed E-state index contributed by atoms with van der Waals surface area (Å²) in [6.45, 7) is 1.44. The Morgan fingerprint density at radius 1 is 0.964 bits per heavy atom. The molecule has 0 saturated heterocycles. The monoisotopic (exact) mass is 518 g/mol. The standard InChI is InChI=1S/C19H26N4O3S.HI/c1-21-19(22-13-11-15-3-7-17(26-2)8-4-15)23-14-12-16-5-9-18(10-6-16)27(20,24)25;/h3-10H,11-14H2,1-2H3,(H2,20,24,25)(H2,21,22,23);1H. The van der Waals surface area contributed by atoms with E-state index in [-0.39, 0.29) is 28.9 Å². The van der Waals surface area contributed by atoms with Crippen LogP contribution >= 0.6 is 24.0 Å². The van der Waals surface area contributed by atoms with E-state index in [0.29, 0.717) is 6.54 Å². The number of sulfonamides is 1. The Balaban J connectivity index is 0.00000392. The molecule has 4 N–H and O–H groups in total. The molecule has 0 radical (unpaired) electrons. The normalized spacial score (nSPS) is 11.5. The minimum absolute atomic E-state index is 0. The first-order valence-electron chi connectivity index (χ1n) is 8.61. The van der Waals surface area contributed by atoms with E-state index < -0.39 is 10.0 Å². The molecule has 0 amide bonds. The Morgan fingerprint density at radius 2 is 1.43 bits per heavy atom. The van der Waals surface area contributed by atoms with Crippen LogP contribution in [0.4, 0.5) is 0 Å². The van der Waals surface area contributed by atoms with Crippen LogP contribution in [0, 0.1) is 0 Å². The molecular formula is C19H27IN4O3S. The molecule has 28 heavy (non-hydrogen) atoms. The molecule has 0 spiro atoms. The van der Waals surface area contributed by atoms with E-state index in [1.807, 2.05) is 24.3 Å². The van der Waals surface area contributed by atoms with E-state index in [0.717, 1.165) is 36.7 Å². The number of hydrogen-bond acceptors (Lipinski definition) is 4. The fraction of sp³-hybridized carbons (Fsp3) is 0.316. The van der Waals surface area contributed by atoms with Crippen LogP contribution in [0.1, 0.15) is 11.1 Å². The van der Waals surface area contributed by atoms with Gasteiger partial charge < -0.3 is 15.4 Å². The van der Waals surface area contributed by atoms with Crippen molar-refractivity contribution in [1.29, 1.82) is 0 Å². The molecule has 7 nitrogen and oxygen atoms in total. The molecule has 0 saturated carbocycles. The quantitative estimate of drug-likeness (QED) is 0.281. The predicted molar refractivity (Wildman–Crippen MR) is 123 cm³/mol. The maximum atomic E-state index is 11.3. The summed E-state index contributed by atoms with van der Waals surface area (Å²) in [5.41, 5.74) is 2.23. The summed E-state index contributed by atoms with van der Waals surface area (Å²) < 4.78 is 27.7. The van der Waals surface area contributed by atoms with Crippen molar-refractivity contribution in [3.05, 3.63) is 59.7 Å². The van der Waals surface area contributed by atoms with Crippen LogP contribution in [0.2, 0.25) is 0 Å². The number of ether oxygens (including phenoxy) is 1. The zero-order chi connectivity index (χ0) is 19.7. The van der Waals surface area contributed by atoms with E-state index in [4.69, 9.17) is 9.88 Å². The van der Waals surface area contributed by atoms with Gasteiger partial charge in [-0.1, -0.05) is 24.3 Å². The van der Waals surface area contributed by atoms with Gasteiger partial charge in [-0.2, -0.15) is 0 Å². The third-order valence-electron chi connectivity index (χ3n) is 4.05. The van der Waals surface area contributed by atoms with Crippen molar-refractivity contribution in [2.45, 2.75) is 17.7 Å². The first kappa shape index (κ1) is 24.2. The van der Waals surface area contributed by atoms with Crippen LogP contribution in [0.3, 0.4) is 0 Å². The van der Waals surface area contributed by atoms with Gasteiger partial charge in [-0.15, -0.1) is 24.0 Å². The zero-order valence-electron chi connectivity index (χ0n) is 16.0. The number of aliphatic imine (C=N–C) groups is 1. The van der Waals surface area contributed by atoms with E-state index in [9.17, 15) is 8.42 Å². The van der Waals surface area contributed by atoms with Crippen molar-refractivity contribution in [3.63, 3.8) is 0 Å². The van der Waals surface area contributed by atoms with Gasteiger partial charge in [0.2, 0.25) is 10.0 Å². The van der Waals surface area contributed by atoms with Gasteiger partial charge in [0, 0.05) is 20.1 Å². The topological polar surface area (TPSA) is 106 Å². The molecule has 0 atom stereocenters. The fourth-order valence-electron chi connectivity index (χ4n) is 2.51. The second-order valence-corrected chi connectivity index (χ2v) is 7.52. The summed E-state index contributed by atoms with van der Waals surface area (Å²) in [5.74, 6) is 1.57. The molecular weight excluding hydrogens is 491 g/mol. The number of halogens is 1. The van der Waals surface area contributed by atoms with Gasteiger partial charge in [-0.25, -0.2) is 13.6 Å². The molecule has 2 rings (SSSR count). The van der Waals surface area contributed by atoms with Gasteiger partial charge in [-0.05, 0) is 48.2 Å². The molecule has 0 aliphatic heterocycles. The minimum Gasteiger partial charge on any atom is -0.497 e. The Kier molecular flexibility index (Phi) is 10.3.